The van der Waals surface area contributed by atoms with Crippen molar-refractivity contribution in [3.8, 4) is 5.75 Å². The highest BCUT2D eigenvalue weighted by atomic mass is 32.2. The third-order valence-electron chi connectivity index (χ3n) is 4.27. The Morgan fingerprint density at radius 1 is 1.11 bits per heavy atom. The summed E-state index contributed by atoms with van der Waals surface area (Å²) in [6.07, 6.45) is 1.10. The largest absolute Gasteiger partial charge is 0.496 e. The number of benzene rings is 2. The lowest BCUT2D eigenvalue weighted by molar-refractivity contribution is -0.116. The van der Waals surface area contributed by atoms with Gasteiger partial charge in [-0.1, -0.05) is 35.9 Å². The average molecular weight is 391 g/mol. The van der Waals surface area contributed by atoms with Gasteiger partial charge >= 0.3 is 0 Å². The molecule has 0 fully saturated rings. The van der Waals surface area contributed by atoms with Crippen LogP contribution in [0.25, 0.3) is 0 Å². The number of hydrogen-bond acceptors (Lipinski definition) is 4. The van der Waals surface area contributed by atoms with Crippen LogP contribution in [0.4, 0.5) is 5.69 Å². The van der Waals surface area contributed by atoms with Crippen LogP contribution in [0.1, 0.15) is 22.3 Å². The number of nitrogens with zero attached hydrogens (tertiary/aromatic N) is 1. The Morgan fingerprint density at radius 2 is 1.70 bits per heavy atom. The summed E-state index contributed by atoms with van der Waals surface area (Å²) in [4.78, 5) is 12.6. The van der Waals surface area contributed by atoms with E-state index in [1.165, 1.54) is 7.11 Å². The molecule has 0 spiro atoms. The summed E-state index contributed by atoms with van der Waals surface area (Å²) in [5, 5.41) is 2.85. The van der Waals surface area contributed by atoms with Crippen LogP contribution >= 0.6 is 0 Å². The lowest BCUT2D eigenvalue weighted by atomic mass is 10.1. The fraction of sp³-hybridized carbons (Fsp3) is 0.350. The zero-order valence-electron chi connectivity index (χ0n) is 16.4. The number of aryl methyl sites for hydroxylation is 3. The minimum Gasteiger partial charge on any atom is -0.496 e. The maximum atomic E-state index is 12.6. The molecule has 2 aromatic rings. The van der Waals surface area contributed by atoms with E-state index >= 15 is 0 Å². The van der Waals surface area contributed by atoms with Crippen LogP contribution in [0.15, 0.2) is 36.4 Å². The van der Waals surface area contributed by atoms with E-state index in [2.05, 4.69) is 5.32 Å². The van der Waals surface area contributed by atoms with E-state index in [0.29, 0.717) is 11.3 Å². The highest BCUT2D eigenvalue weighted by Gasteiger charge is 2.22. The van der Waals surface area contributed by atoms with E-state index in [-0.39, 0.29) is 19.0 Å². The first kappa shape index (κ1) is 20.9. The third-order valence-corrected chi connectivity index (χ3v) is 5.47. The summed E-state index contributed by atoms with van der Waals surface area (Å²) in [5.74, 6) is 0.196. The maximum Gasteiger partial charge on any atom is 0.239 e. The molecule has 2 rings (SSSR count). The Hall–Kier alpha value is -2.38. The first-order valence-electron chi connectivity index (χ1n) is 8.56. The van der Waals surface area contributed by atoms with Gasteiger partial charge in [-0.2, -0.15) is 4.31 Å². The number of anilines is 1. The number of methoxy groups -OCH3 is 1. The molecule has 27 heavy (non-hydrogen) atoms. The molecule has 1 N–H and O–H groups in total. The van der Waals surface area contributed by atoms with Gasteiger partial charge in [0.15, 0.2) is 0 Å². The Balaban J connectivity index is 2.21. The number of carbonyl (C=O) groups is 1. The van der Waals surface area contributed by atoms with Crippen LogP contribution in [0.3, 0.4) is 0 Å². The second-order valence-electron chi connectivity index (χ2n) is 6.66. The van der Waals surface area contributed by atoms with Crippen LogP contribution in [-0.4, -0.2) is 38.5 Å². The van der Waals surface area contributed by atoms with Gasteiger partial charge in [0.05, 0.1) is 19.9 Å². The van der Waals surface area contributed by atoms with E-state index in [4.69, 9.17) is 4.74 Å². The van der Waals surface area contributed by atoms with Gasteiger partial charge in [0, 0.05) is 17.8 Å². The molecule has 0 saturated carbocycles. The molecule has 0 unspecified atom stereocenters. The molecule has 7 heteroatoms. The van der Waals surface area contributed by atoms with E-state index in [0.717, 1.165) is 32.9 Å². The van der Waals surface area contributed by atoms with Crippen molar-refractivity contribution in [2.24, 2.45) is 0 Å². The molecule has 0 heterocycles. The highest BCUT2D eigenvalue weighted by molar-refractivity contribution is 7.88. The van der Waals surface area contributed by atoms with Gasteiger partial charge < -0.3 is 10.1 Å². The lowest BCUT2D eigenvalue weighted by Crippen LogP contribution is -2.37. The van der Waals surface area contributed by atoms with Crippen LogP contribution in [0, 0.1) is 20.8 Å². The smallest absolute Gasteiger partial charge is 0.239 e. The first-order valence-corrected chi connectivity index (χ1v) is 10.4. The quantitative estimate of drug-likeness (QED) is 0.788. The molecule has 0 bridgehead atoms. The van der Waals surface area contributed by atoms with Crippen molar-refractivity contribution in [1.82, 2.24) is 4.31 Å². The van der Waals surface area contributed by atoms with Gasteiger partial charge in [0.2, 0.25) is 15.9 Å². The van der Waals surface area contributed by atoms with E-state index < -0.39 is 10.0 Å². The van der Waals surface area contributed by atoms with Gasteiger partial charge in [0.1, 0.15) is 5.75 Å². The number of hydrogen-bond donors (Lipinski definition) is 1. The van der Waals surface area contributed by atoms with Crippen molar-refractivity contribution in [1.29, 1.82) is 0 Å². The molecule has 1 amide bonds. The summed E-state index contributed by atoms with van der Waals surface area (Å²) < 4.78 is 30.8. The van der Waals surface area contributed by atoms with Crippen molar-refractivity contribution in [3.05, 3.63) is 58.7 Å². The Kier molecular flexibility index (Phi) is 6.62. The van der Waals surface area contributed by atoms with Crippen LogP contribution in [-0.2, 0) is 21.4 Å². The van der Waals surface area contributed by atoms with Gasteiger partial charge in [-0.15, -0.1) is 0 Å². The molecule has 0 aromatic heterocycles. The molecule has 0 radical (unpaired) electrons. The molecule has 0 aliphatic rings. The van der Waals surface area contributed by atoms with E-state index in [9.17, 15) is 13.2 Å². The number of carbonyl (C=O) groups excluding carboxylic acids is 1. The fourth-order valence-corrected chi connectivity index (χ4v) is 3.76. The summed E-state index contributed by atoms with van der Waals surface area (Å²) in [5.41, 5.74) is 4.40. The molecule has 0 aliphatic heterocycles. The zero-order valence-corrected chi connectivity index (χ0v) is 17.2. The van der Waals surface area contributed by atoms with Gasteiger partial charge in [0.25, 0.3) is 0 Å². The van der Waals surface area contributed by atoms with Crippen molar-refractivity contribution >= 4 is 21.6 Å². The molecule has 146 valence electrons. The summed E-state index contributed by atoms with van der Waals surface area (Å²) in [6, 6.07) is 11.1. The minimum atomic E-state index is -3.59. The van der Waals surface area contributed by atoms with Gasteiger partial charge in [-0.05, 0) is 38.0 Å². The predicted molar refractivity (Wildman–Crippen MR) is 108 cm³/mol. The van der Waals surface area contributed by atoms with E-state index in [1.807, 2.05) is 39.0 Å². The molecule has 6 nitrogen and oxygen atoms in total. The second-order valence-corrected chi connectivity index (χ2v) is 8.65. The highest BCUT2D eigenvalue weighted by Crippen LogP contribution is 2.23. The Labute approximate surface area is 161 Å². The maximum absolute atomic E-state index is 12.6. The van der Waals surface area contributed by atoms with Crippen molar-refractivity contribution in [2.75, 3.05) is 25.2 Å². The number of amides is 1. The SMILES string of the molecule is COc1ccccc1CN(CC(=O)Nc1c(C)cc(C)cc1C)S(C)(=O)=O. The third kappa shape index (κ3) is 5.55. The molecule has 2 aromatic carbocycles. The number of ether oxygens (including phenoxy) is 1. The molecule has 0 saturated heterocycles. The number of sulfonamides is 1. The number of para-hydroxylation sites is 1. The number of nitrogens with one attached hydrogen (secondary N) is 1. The Morgan fingerprint density at radius 3 is 2.26 bits per heavy atom. The topological polar surface area (TPSA) is 75.7 Å². The molecule has 0 aliphatic carbocycles. The van der Waals surface area contributed by atoms with Crippen molar-refractivity contribution in [2.45, 2.75) is 27.3 Å². The molecular weight excluding hydrogens is 364 g/mol. The lowest BCUT2D eigenvalue weighted by Gasteiger charge is -2.21. The minimum absolute atomic E-state index is 0.0577. The second kappa shape index (κ2) is 8.54. The van der Waals surface area contributed by atoms with Gasteiger partial charge in [-0.25, -0.2) is 8.42 Å². The fourth-order valence-electron chi connectivity index (χ4n) is 3.03. The summed E-state index contributed by atoms with van der Waals surface area (Å²) >= 11 is 0. The van der Waals surface area contributed by atoms with Crippen LogP contribution in [0.2, 0.25) is 0 Å². The summed E-state index contributed by atoms with van der Waals surface area (Å²) in [7, 11) is -2.06. The average Bonchev–Trinajstić information content (AvgIpc) is 2.57. The van der Waals surface area contributed by atoms with Crippen LogP contribution in [0.5, 0.6) is 5.75 Å². The predicted octanol–water partition coefficient (Wildman–Crippen LogP) is 3.02. The first-order chi connectivity index (χ1) is 12.6. The molecule has 0 atom stereocenters. The summed E-state index contributed by atoms with van der Waals surface area (Å²) in [6.45, 7) is 5.60. The van der Waals surface area contributed by atoms with Gasteiger partial charge in [-0.3, -0.25) is 4.79 Å². The van der Waals surface area contributed by atoms with Crippen molar-refractivity contribution in [3.63, 3.8) is 0 Å². The monoisotopic (exact) mass is 390 g/mol. The Bertz CT molecular complexity index is 916. The van der Waals surface area contributed by atoms with E-state index in [1.54, 1.807) is 18.2 Å². The standard InChI is InChI=1S/C20H26N2O4S/c1-14-10-15(2)20(16(3)11-14)21-19(23)13-22(27(5,24)25)12-17-8-6-7-9-18(17)26-4/h6-11H,12-13H2,1-5H3,(H,21,23). The zero-order chi connectivity index (χ0) is 20.2. The number of rotatable bonds is 7. The van der Waals surface area contributed by atoms with Crippen molar-refractivity contribution < 1.29 is 17.9 Å². The molecular formula is C20H26N2O4S. The normalized spacial score (nSPS) is 11.5. The van der Waals surface area contributed by atoms with Crippen LogP contribution < -0.4 is 10.1 Å².